The van der Waals surface area contributed by atoms with E-state index >= 15 is 0 Å². The maximum absolute atomic E-state index is 11.9. The Morgan fingerprint density at radius 1 is 1.36 bits per heavy atom. The number of anilines is 1. The van der Waals surface area contributed by atoms with Gasteiger partial charge in [-0.15, -0.1) is 0 Å². The number of carbonyl (C=O) groups excluding carboxylic acids is 1. The number of methoxy groups -OCH3 is 1. The van der Waals surface area contributed by atoms with Crippen molar-refractivity contribution in [3.05, 3.63) is 29.8 Å². The lowest BCUT2D eigenvalue weighted by Gasteiger charge is -2.19. The molecular weight excluding hydrogens is 306 g/mol. The molecule has 8 heteroatoms. The molecule has 0 saturated carbocycles. The van der Waals surface area contributed by atoms with E-state index in [1.165, 1.54) is 7.11 Å². The molecule has 1 aromatic rings. The molecule has 0 aliphatic heterocycles. The fourth-order valence-corrected chi connectivity index (χ4v) is 2.55. The molecule has 0 atom stereocenters. The van der Waals surface area contributed by atoms with Crippen LogP contribution in [0.5, 0.6) is 0 Å². The van der Waals surface area contributed by atoms with Crippen LogP contribution in [0.3, 0.4) is 0 Å². The fraction of sp³-hybridized carbons (Fsp3) is 0.429. The van der Waals surface area contributed by atoms with Crippen molar-refractivity contribution in [3.63, 3.8) is 0 Å². The molecule has 120 valence electrons. The molecule has 1 amide bonds. The molecule has 0 aromatic heterocycles. The third-order valence-electron chi connectivity index (χ3n) is 2.84. The molecule has 0 aliphatic carbocycles. The zero-order valence-electron chi connectivity index (χ0n) is 12.6. The summed E-state index contributed by atoms with van der Waals surface area (Å²) in [6, 6.07) is 8.30. The SMILES string of the molecule is COCCCN(CC(=O)Nc1ccc(C#N)cc1)S(C)(=O)=O. The van der Waals surface area contributed by atoms with Gasteiger partial charge in [-0.1, -0.05) is 0 Å². The molecule has 0 radical (unpaired) electrons. The van der Waals surface area contributed by atoms with Crippen molar-refractivity contribution in [2.75, 3.05) is 38.4 Å². The van der Waals surface area contributed by atoms with Gasteiger partial charge in [-0.25, -0.2) is 8.42 Å². The minimum atomic E-state index is -3.47. The first-order valence-electron chi connectivity index (χ1n) is 6.61. The Morgan fingerprint density at radius 2 is 2.00 bits per heavy atom. The molecule has 0 spiro atoms. The highest BCUT2D eigenvalue weighted by Gasteiger charge is 2.19. The fourth-order valence-electron chi connectivity index (χ4n) is 1.74. The second-order valence-corrected chi connectivity index (χ2v) is 6.66. The minimum Gasteiger partial charge on any atom is -0.385 e. The van der Waals surface area contributed by atoms with Gasteiger partial charge in [0.15, 0.2) is 0 Å². The second-order valence-electron chi connectivity index (χ2n) is 4.68. The van der Waals surface area contributed by atoms with E-state index in [2.05, 4.69) is 5.32 Å². The molecule has 0 heterocycles. The number of nitrogens with zero attached hydrogens (tertiary/aromatic N) is 2. The lowest BCUT2D eigenvalue weighted by atomic mass is 10.2. The first kappa shape index (κ1) is 18.1. The van der Waals surface area contributed by atoms with Gasteiger partial charge in [-0.2, -0.15) is 9.57 Å². The van der Waals surface area contributed by atoms with Gasteiger partial charge in [0, 0.05) is 25.9 Å². The van der Waals surface area contributed by atoms with Crippen molar-refractivity contribution in [2.45, 2.75) is 6.42 Å². The smallest absolute Gasteiger partial charge is 0.239 e. The summed E-state index contributed by atoms with van der Waals surface area (Å²) < 4.78 is 29.3. The Labute approximate surface area is 130 Å². The monoisotopic (exact) mass is 325 g/mol. The van der Waals surface area contributed by atoms with Crippen LogP contribution in [-0.4, -0.2) is 51.7 Å². The summed E-state index contributed by atoms with van der Waals surface area (Å²) in [5.74, 6) is -0.437. The van der Waals surface area contributed by atoms with Crippen molar-refractivity contribution < 1.29 is 17.9 Å². The average Bonchev–Trinajstić information content (AvgIpc) is 2.46. The van der Waals surface area contributed by atoms with Gasteiger partial charge in [0.1, 0.15) is 0 Å². The third kappa shape index (κ3) is 6.22. The Balaban J connectivity index is 2.64. The number of sulfonamides is 1. The van der Waals surface area contributed by atoms with E-state index in [-0.39, 0.29) is 13.1 Å². The van der Waals surface area contributed by atoms with Crippen LogP contribution < -0.4 is 5.32 Å². The van der Waals surface area contributed by atoms with E-state index in [0.29, 0.717) is 24.3 Å². The highest BCUT2D eigenvalue weighted by atomic mass is 32.2. The van der Waals surface area contributed by atoms with Crippen LogP contribution in [0.4, 0.5) is 5.69 Å². The van der Waals surface area contributed by atoms with Gasteiger partial charge in [0.25, 0.3) is 0 Å². The Kier molecular flexibility index (Phi) is 6.98. The summed E-state index contributed by atoms with van der Waals surface area (Å²) in [6.07, 6.45) is 1.57. The van der Waals surface area contributed by atoms with Gasteiger partial charge >= 0.3 is 0 Å². The van der Waals surface area contributed by atoms with Gasteiger partial charge in [0.05, 0.1) is 24.4 Å². The molecule has 0 aliphatic rings. The molecule has 1 N–H and O–H groups in total. The van der Waals surface area contributed by atoms with Gasteiger partial charge in [-0.05, 0) is 30.7 Å². The summed E-state index contributed by atoms with van der Waals surface area (Å²) in [7, 11) is -1.94. The molecule has 1 rings (SSSR count). The largest absolute Gasteiger partial charge is 0.385 e. The molecule has 0 bridgehead atoms. The van der Waals surface area contributed by atoms with Gasteiger partial charge < -0.3 is 10.1 Å². The third-order valence-corrected chi connectivity index (χ3v) is 4.09. The van der Waals surface area contributed by atoms with Crippen molar-refractivity contribution in [1.82, 2.24) is 4.31 Å². The molecule has 0 fully saturated rings. The van der Waals surface area contributed by atoms with Crippen LogP contribution >= 0.6 is 0 Å². The van der Waals surface area contributed by atoms with Gasteiger partial charge in [-0.3, -0.25) is 4.79 Å². The highest BCUT2D eigenvalue weighted by molar-refractivity contribution is 7.88. The van der Waals surface area contributed by atoms with Gasteiger partial charge in [0.2, 0.25) is 15.9 Å². The summed E-state index contributed by atoms with van der Waals surface area (Å²) in [6.45, 7) is 0.374. The van der Waals surface area contributed by atoms with E-state index < -0.39 is 15.9 Å². The molecular formula is C14H19N3O4S. The standard InChI is InChI=1S/C14H19N3O4S/c1-21-9-3-8-17(22(2,19)20)11-14(18)16-13-6-4-12(10-15)5-7-13/h4-7H,3,8-9,11H2,1-2H3,(H,16,18). The molecule has 7 nitrogen and oxygen atoms in total. The number of hydrogen-bond donors (Lipinski definition) is 1. The Morgan fingerprint density at radius 3 is 2.50 bits per heavy atom. The highest BCUT2D eigenvalue weighted by Crippen LogP contribution is 2.09. The molecule has 0 saturated heterocycles. The van der Waals surface area contributed by atoms with E-state index in [1.54, 1.807) is 24.3 Å². The lowest BCUT2D eigenvalue weighted by molar-refractivity contribution is -0.116. The number of hydrogen-bond acceptors (Lipinski definition) is 5. The Bertz CT molecular complexity index is 635. The van der Waals surface area contributed by atoms with E-state index in [0.717, 1.165) is 10.6 Å². The predicted molar refractivity (Wildman–Crippen MR) is 82.7 cm³/mol. The molecule has 22 heavy (non-hydrogen) atoms. The topological polar surface area (TPSA) is 99.5 Å². The zero-order valence-corrected chi connectivity index (χ0v) is 13.4. The number of amides is 1. The van der Waals surface area contributed by atoms with Crippen molar-refractivity contribution >= 4 is 21.6 Å². The summed E-state index contributed by atoms with van der Waals surface area (Å²) in [4.78, 5) is 11.9. The van der Waals surface area contributed by atoms with Crippen LogP contribution in [-0.2, 0) is 19.6 Å². The normalized spacial score (nSPS) is 11.2. The predicted octanol–water partition coefficient (Wildman–Crippen LogP) is 0.795. The van der Waals surface area contributed by atoms with Crippen LogP contribution in [0.25, 0.3) is 0 Å². The number of benzene rings is 1. The second kappa shape index (κ2) is 8.48. The first-order chi connectivity index (χ1) is 10.4. The minimum absolute atomic E-state index is 0.216. The number of nitrogens with one attached hydrogen (secondary N) is 1. The Hall–Kier alpha value is -1.95. The quantitative estimate of drug-likeness (QED) is 0.713. The zero-order chi connectivity index (χ0) is 16.6. The number of ether oxygens (including phenoxy) is 1. The maximum atomic E-state index is 11.9. The van der Waals surface area contributed by atoms with Crippen molar-refractivity contribution in [1.29, 1.82) is 5.26 Å². The van der Waals surface area contributed by atoms with E-state index in [4.69, 9.17) is 10.00 Å². The first-order valence-corrected chi connectivity index (χ1v) is 8.45. The van der Waals surface area contributed by atoms with Crippen molar-refractivity contribution in [3.8, 4) is 6.07 Å². The summed E-state index contributed by atoms with van der Waals surface area (Å²) >= 11 is 0. The lowest BCUT2D eigenvalue weighted by Crippen LogP contribution is -2.38. The van der Waals surface area contributed by atoms with E-state index in [1.807, 2.05) is 6.07 Å². The van der Waals surface area contributed by atoms with Crippen LogP contribution in [0, 0.1) is 11.3 Å². The maximum Gasteiger partial charge on any atom is 0.239 e. The number of rotatable bonds is 8. The van der Waals surface area contributed by atoms with Crippen LogP contribution in [0.15, 0.2) is 24.3 Å². The summed E-state index contributed by atoms with van der Waals surface area (Å²) in [5.41, 5.74) is 0.990. The molecule has 1 aromatic carbocycles. The van der Waals surface area contributed by atoms with Crippen LogP contribution in [0.2, 0.25) is 0 Å². The average molecular weight is 325 g/mol. The van der Waals surface area contributed by atoms with E-state index in [9.17, 15) is 13.2 Å². The van der Waals surface area contributed by atoms with Crippen LogP contribution in [0.1, 0.15) is 12.0 Å². The number of carbonyl (C=O) groups is 1. The number of nitriles is 1. The van der Waals surface area contributed by atoms with Crippen molar-refractivity contribution in [2.24, 2.45) is 0 Å². The summed E-state index contributed by atoms with van der Waals surface area (Å²) in [5, 5.41) is 11.3. The molecule has 0 unspecified atom stereocenters.